The molecule has 5 heteroatoms. The van der Waals surface area contributed by atoms with Crippen LogP contribution in [-0.2, 0) is 20.7 Å². The molecular formula is C15H19NO4. The summed E-state index contributed by atoms with van der Waals surface area (Å²) in [5, 5.41) is 12.0. The van der Waals surface area contributed by atoms with E-state index < -0.39 is 29.6 Å². The number of ether oxygens (including phenoxy) is 1. The Bertz CT molecular complexity index is 533. The first-order valence-corrected chi connectivity index (χ1v) is 6.57. The molecule has 0 saturated carbocycles. The van der Waals surface area contributed by atoms with Crippen molar-refractivity contribution in [2.75, 3.05) is 0 Å². The minimum absolute atomic E-state index is 0.366. The number of hydrogen-bond acceptors (Lipinski definition) is 4. The van der Waals surface area contributed by atoms with Gasteiger partial charge >= 0.3 is 11.9 Å². The highest BCUT2D eigenvalue weighted by Gasteiger charge is 2.36. The summed E-state index contributed by atoms with van der Waals surface area (Å²) in [5.74, 6) is -1.41. The van der Waals surface area contributed by atoms with E-state index in [0.717, 1.165) is 11.1 Å². The molecule has 0 bridgehead atoms. The topological polar surface area (TPSA) is 75.6 Å². The first kappa shape index (κ1) is 14.5. The van der Waals surface area contributed by atoms with Crippen molar-refractivity contribution in [1.82, 2.24) is 5.32 Å². The molecule has 108 valence electrons. The Labute approximate surface area is 117 Å². The average molecular weight is 277 g/mol. The van der Waals surface area contributed by atoms with Gasteiger partial charge in [0.2, 0.25) is 0 Å². The summed E-state index contributed by atoms with van der Waals surface area (Å²) in [6.07, 6.45) is 0.366. The summed E-state index contributed by atoms with van der Waals surface area (Å²) < 4.78 is 5.37. The highest BCUT2D eigenvalue weighted by molar-refractivity contribution is 5.82. The smallest absolute Gasteiger partial charge is 0.328 e. The maximum absolute atomic E-state index is 12.3. The molecule has 0 spiro atoms. The van der Waals surface area contributed by atoms with Gasteiger partial charge in [-0.05, 0) is 38.3 Å². The number of fused-ring (bicyclic) bond motifs is 1. The molecule has 1 heterocycles. The van der Waals surface area contributed by atoms with Crippen molar-refractivity contribution < 1.29 is 19.4 Å². The predicted octanol–water partition coefficient (Wildman–Crippen LogP) is 1.67. The van der Waals surface area contributed by atoms with Crippen molar-refractivity contribution in [3.05, 3.63) is 35.4 Å². The van der Waals surface area contributed by atoms with Crippen molar-refractivity contribution in [2.45, 2.75) is 44.9 Å². The molecule has 1 aliphatic heterocycles. The first-order chi connectivity index (χ1) is 9.28. The van der Waals surface area contributed by atoms with Crippen LogP contribution in [0.1, 0.15) is 37.9 Å². The molecule has 0 unspecified atom stereocenters. The summed E-state index contributed by atoms with van der Waals surface area (Å²) in [7, 11) is 0. The van der Waals surface area contributed by atoms with Crippen LogP contribution in [0.5, 0.6) is 0 Å². The van der Waals surface area contributed by atoms with E-state index in [1.165, 1.54) is 0 Å². The van der Waals surface area contributed by atoms with E-state index in [-0.39, 0.29) is 0 Å². The Balaban J connectivity index is 2.31. The fraction of sp³-hybridized carbons (Fsp3) is 0.467. The minimum atomic E-state index is -0.965. The van der Waals surface area contributed by atoms with Crippen LogP contribution in [0.15, 0.2) is 24.3 Å². The highest BCUT2D eigenvalue weighted by atomic mass is 16.6. The molecule has 0 saturated heterocycles. The van der Waals surface area contributed by atoms with Crippen LogP contribution < -0.4 is 5.32 Å². The molecule has 5 nitrogen and oxygen atoms in total. The van der Waals surface area contributed by atoms with Gasteiger partial charge in [-0.3, -0.25) is 10.1 Å². The second-order valence-corrected chi connectivity index (χ2v) is 5.93. The van der Waals surface area contributed by atoms with Crippen LogP contribution in [0.3, 0.4) is 0 Å². The van der Waals surface area contributed by atoms with E-state index in [1.807, 2.05) is 24.3 Å². The van der Waals surface area contributed by atoms with Crippen LogP contribution in [0.25, 0.3) is 0 Å². The van der Waals surface area contributed by atoms with Gasteiger partial charge in [0, 0.05) is 0 Å². The van der Waals surface area contributed by atoms with E-state index in [2.05, 4.69) is 5.32 Å². The van der Waals surface area contributed by atoms with Crippen molar-refractivity contribution in [2.24, 2.45) is 0 Å². The van der Waals surface area contributed by atoms with E-state index in [4.69, 9.17) is 4.74 Å². The van der Waals surface area contributed by atoms with E-state index in [1.54, 1.807) is 20.8 Å². The van der Waals surface area contributed by atoms with Crippen molar-refractivity contribution in [3.8, 4) is 0 Å². The van der Waals surface area contributed by atoms with Crippen molar-refractivity contribution >= 4 is 11.9 Å². The second kappa shape index (κ2) is 5.25. The fourth-order valence-corrected chi connectivity index (χ4v) is 2.29. The maximum atomic E-state index is 12.3. The third-order valence-corrected chi connectivity index (χ3v) is 3.10. The minimum Gasteiger partial charge on any atom is -0.480 e. The Morgan fingerprint density at radius 2 is 1.95 bits per heavy atom. The van der Waals surface area contributed by atoms with Gasteiger partial charge in [0.05, 0.1) is 0 Å². The van der Waals surface area contributed by atoms with Gasteiger partial charge in [0.25, 0.3) is 0 Å². The molecule has 2 atom stereocenters. The third kappa shape index (κ3) is 3.17. The van der Waals surface area contributed by atoms with Crippen LogP contribution in [0.2, 0.25) is 0 Å². The largest absolute Gasteiger partial charge is 0.480 e. The van der Waals surface area contributed by atoms with Gasteiger partial charge < -0.3 is 9.84 Å². The molecule has 0 aliphatic carbocycles. The summed E-state index contributed by atoms with van der Waals surface area (Å²) in [6, 6.07) is 5.84. The first-order valence-electron chi connectivity index (χ1n) is 6.57. The number of hydrogen-bond donors (Lipinski definition) is 2. The molecule has 20 heavy (non-hydrogen) atoms. The molecule has 1 aliphatic rings. The standard InChI is InChI=1S/C15H19NO4/c1-15(2,3)20-14(19)12-10-7-5-4-6-9(10)8-11(16-12)13(17)18/h4-7,11-12,16H,8H2,1-3H3,(H,17,18)/t11-,12-/m1/s1. The predicted molar refractivity (Wildman–Crippen MR) is 73.3 cm³/mol. The second-order valence-electron chi connectivity index (χ2n) is 5.93. The summed E-state index contributed by atoms with van der Waals surface area (Å²) in [4.78, 5) is 23.5. The van der Waals surface area contributed by atoms with Crippen molar-refractivity contribution in [3.63, 3.8) is 0 Å². The summed E-state index contributed by atoms with van der Waals surface area (Å²) >= 11 is 0. The van der Waals surface area contributed by atoms with E-state index >= 15 is 0 Å². The molecule has 2 rings (SSSR count). The van der Waals surface area contributed by atoms with Crippen LogP contribution >= 0.6 is 0 Å². The number of carboxylic acids is 1. The zero-order valence-electron chi connectivity index (χ0n) is 11.8. The molecular weight excluding hydrogens is 258 g/mol. The van der Waals surface area contributed by atoms with Gasteiger partial charge in [-0.2, -0.15) is 0 Å². The zero-order chi connectivity index (χ0) is 14.9. The molecule has 2 N–H and O–H groups in total. The number of esters is 1. The lowest BCUT2D eigenvalue weighted by Gasteiger charge is -2.31. The molecule has 0 aromatic heterocycles. The number of carbonyl (C=O) groups excluding carboxylic acids is 1. The lowest BCUT2D eigenvalue weighted by Crippen LogP contribution is -2.48. The number of carboxylic acid groups (broad SMARTS) is 1. The van der Waals surface area contributed by atoms with Crippen LogP contribution in [0, 0.1) is 0 Å². The molecule has 1 aromatic carbocycles. The Hall–Kier alpha value is -1.88. The normalized spacial score (nSPS) is 21.9. The van der Waals surface area contributed by atoms with Gasteiger partial charge in [0.15, 0.2) is 0 Å². The molecule has 1 aromatic rings. The maximum Gasteiger partial charge on any atom is 0.328 e. The zero-order valence-corrected chi connectivity index (χ0v) is 11.8. The lowest BCUT2D eigenvalue weighted by molar-refractivity contribution is -0.158. The number of nitrogens with one attached hydrogen (secondary N) is 1. The Morgan fingerprint density at radius 3 is 2.55 bits per heavy atom. The van der Waals surface area contributed by atoms with Gasteiger partial charge in [-0.15, -0.1) is 0 Å². The van der Waals surface area contributed by atoms with Gasteiger partial charge in [-0.25, -0.2) is 4.79 Å². The number of aliphatic carboxylic acids is 1. The van der Waals surface area contributed by atoms with Crippen LogP contribution in [-0.4, -0.2) is 28.7 Å². The van der Waals surface area contributed by atoms with Crippen molar-refractivity contribution in [1.29, 1.82) is 0 Å². The SMILES string of the molecule is CC(C)(C)OC(=O)[C@@H]1N[C@@H](C(=O)O)Cc2ccccc21. The monoisotopic (exact) mass is 277 g/mol. The van der Waals surface area contributed by atoms with Gasteiger partial charge in [-0.1, -0.05) is 24.3 Å². The quantitative estimate of drug-likeness (QED) is 0.804. The van der Waals surface area contributed by atoms with Crippen LogP contribution in [0.4, 0.5) is 0 Å². The van der Waals surface area contributed by atoms with E-state index in [9.17, 15) is 14.7 Å². The van der Waals surface area contributed by atoms with Gasteiger partial charge in [0.1, 0.15) is 17.7 Å². The number of carbonyl (C=O) groups is 2. The Kier molecular flexibility index (Phi) is 3.81. The number of rotatable bonds is 2. The Morgan fingerprint density at radius 1 is 1.30 bits per heavy atom. The summed E-state index contributed by atoms with van der Waals surface area (Å²) in [6.45, 7) is 5.36. The summed E-state index contributed by atoms with van der Waals surface area (Å²) in [5.41, 5.74) is 1.05. The highest BCUT2D eigenvalue weighted by Crippen LogP contribution is 2.27. The third-order valence-electron chi connectivity index (χ3n) is 3.10. The fourth-order valence-electron chi connectivity index (χ4n) is 2.29. The number of benzene rings is 1. The molecule has 0 amide bonds. The lowest BCUT2D eigenvalue weighted by atomic mass is 9.90. The van der Waals surface area contributed by atoms with E-state index in [0.29, 0.717) is 6.42 Å². The molecule has 0 radical (unpaired) electrons. The molecule has 0 fully saturated rings. The average Bonchev–Trinajstić information content (AvgIpc) is 2.35.